The number of nitrogens with zero attached hydrogens (tertiary/aromatic N) is 2. The molecule has 1 aliphatic heterocycles. The number of fused-ring (bicyclic) bond motifs is 1. The van der Waals surface area contributed by atoms with Gasteiger partial charge in [0.2, 0.25) is 5.95 Å². The second-order valence-electron chi connectivity index (χ2n) is 6.59. The van der Waals surface area contributed by atoms with Crippen LogP contribution in [-0.2, 0) is 0 Å². The van der Waals surface area contributed by atoms with Gasteiger partial charge in [0.25, 0.3) is 0 Å². The molecule has 1 aliphatic rings. The van der Waals surface area contributed by atoms with Crippen molar-refractivity contribution in [1.29, 1.82) is 0 Å². The van der Waals surface area contributed by atoms with E-state index in [9.17, 15) is 0 Å². The summed E-state index contributed by atoms with van der Waals surface area (Å²) in [6, 6.07) is 17.9. The van der Waals surface area contributed by atoms with E-state index in [4.69, 9.17) is 9.47 Å². The zero-order valence-electron chi connectivity index (χ0n) is 15.9. The molecule has 2 heterocycles. The number of anilines is 3. The van der Waals surface area contributed by atoms with Gasteiger partial charge in [-0.05, 0) is 18.6 Å². The van der Waals surface area contributed by atoms with E-state index in [2.05, 4.69) is 27.5 Å². The predicted octanol–water partition coefficient (Wildman–Crippen LogP) is 4.87. The van der Waals surface area contributed by atoms with Crippen LogP contribution in [0.5, 0.6) is 11.5 Å². The third kappa shape index (κ3) is 4.34. The number of unbranched alkanes of at least 4 members (excludes halogenated alkanes) is 1. The largest absolute Gasteiger partial charge is 0.486 e. The topological polar surface area (TPSA) is 68.3 Å². The monoisotopic (exact) mass is 376 g/mol. The van der Waals surface area contributed by atoms with Crippen molar-refractivity contribution in [2.24, 2.45) is 0 Å². The maximum Gasteiger partial charge on any atom is 0.225 e. The number of aromatic nitrogens is 2. The van der Waals surface area contributed by atoms with Crippen molar-refractivity contribution in [1.82, 2.24) is 9.97 Å². The summed E-state index contributed by atoms with van der Waals surface area (Å²) < 4.78 is 11.3. The lowest BCUT2D eigenvalue weighted by molar-refractivity contribution is 0.171. The molecule has 4 rings (SSSR count). The van der Waals surface area contributed by atoms with Crippen LogP contribution in [0.4, 0.5) is 17.5 Å². The van der Waals surface area contributed by atoms with Crippen LogP contribution < -0.4 is 20.1 Å². The van der Waals surface area contributed by atoms with Crippen LogP contribution in [0.3, 0.4) is 0 Å². The molecule has 1 aromatic heterocycles. The minimum Gasteiger partial charge on any atom is -0.486 e. The third-order valence-corrected chi connectivity index (χ3v) is 4.42. The molecule has 3 aromatic rings. The first-order chi connectivity index (χ1) is 13.8. The molecule has 144 valence electrons. The summed E-state index contributed by atoms with van der Waals surface area (Å²) in [4.78, 5) is 9.31. The van der Waals surface area contributed by atoms with Gasteiger partial charge in [0.05, 0.1) is 5.69 Å². The fraction of sp³-hybridized carbons (Fsp3) is 0.273. The van der Waals surface area contributed by atoms with Crippen molar-refractivity contribution in [2.75, 3.05) is 30.4 Å². The number of ether oxygens (including phenoxy) is 2. The lowest BCUT2D eigenvalue weighted by Crippen LogP contribution is -2.15. The lowest BCUT2D eigenvalue weighted by atomic mass is 10.1. The average Bonchev–Trinajstić information content (AvgIpc) is 2.74. The molecule has 0 bridgehead atoms. The first kappa shape index (κ1) is 18.1. The van der Waals surface area contributed by atoms with Crippen molar-refractivity contribution in [2.45, 2.75) is 19.8 Å². The Bertz CT molecular complexity index is 931. The van der Waals surface area contributed by atoms with E-state index >= 15 is 0 Å². The number of hydrogen-bond donors (Lipinski definition) is 2. The molecule has 28 heavy (non-hydrogen) atoms. The Balaban J connectivity index is 1.62. The first-order valence-electron chi connectivity index (χ1n) is 9.67. The Morgan fingerprint density at radius 2 is 1.75 bits per heavy atom. The van der Waals surface area contributed by atoms with Gasteiger partial charge in [-0.25, -0.2) is 4.98 Å². The second kappa shape index (κ2) is 8.61. The van der Waals surface area contributed by atoms with Crippen molar-refractivity contribution < 1.29 is 9.47 Å². The molecule has 0 saturated heterocycles. The Morgan fingerprint density at radius 1 is 0.929 bits per heavy atom. The molecule has 0 spiro atoms. The van der Waals surface area contributed by atoms with Crippen LogP contribution >= 0.6 is 0 Å². The fourth-order valence-corrected chi connectivity index (χ4v) is 2.99. The van der Waals surface area contributed by atoms with Gasteiger partial charge in [-0.15, -0.1) is 0 Å². The highest BCUT2D eigenvalue weighted by molar-refractivity contribution is 5.68. The van der Waals surface area contributed by atoms with Crippen LogP contribution in [-0.4, -0.2) is 29.7 Å². The van der Waals surface area contributed by atoms with Crippen LogP contribution in [0.25, 0.3) is 11.3 Å². The number of benzene rings is 2. The van der Waals surface area contributed by atoms with E-state index < -0.39 is 0 Å². The first-order valence-corrected chi connectivity index (χ1v) is 9.67. The molecule has 0 fully saturated rings. The zero-order valence-corrected chi connectivity index (χ0v) is 15.9. The summed E-state index contributed by atoms with van der Waals surface area (Å²) in [6.07, 6.45) is 2.19. The molecule has 0 radical (unpaired) electrons. The zero-order chi connectivity index (χ0) is 19.2. The van der Waals surface area contributed by atoms with Gasteiger partial charge in [-0.1, -0.05) is 43.7 Å². The van der Waals surface area contributed by atoms with E-state index in [1.807, 2.05) is 54.6 Å². The van der Waals surface area contributed by atoms with E-state index in [-0.39, 0.29) is 0 Å². The van der Waals surface area contributed by atoms with E-state index in [1.165, 1.54) is 0 Å². The number of hydrogen-bond acceptors (Lipinski definition) is 6. The maximum atomic E-state index is 5.67. The summed E-state index contributed by atoms with van der Waals surface area (Å²) in [7, 11) is 0. The highest BCUT2D eigenvalue weighted by Gasteiger charge is 2.13. The molecular weight excluding hydrogens is 352 g/mol. The van der Waals surface area contributed by atoms with Gasteiger partial charge in [-0.2, -0.15) is 4.98 Å². The van der Waals surface area contributed by atoms with Crippen LogP contribution in [0.15, 0.2) is 54.6 Å². The highest BCUT2D eigenvalue weighted by Crippen LogP contribution is 2.34. The standard InChI is InChI=1S/C22H24N4O2/c1-2-3-11-23-22-25-18(16-7-5-4-6-8-16)15-21(26-22)24-17-9-10-19-20(14-17)28-13-12-27-19/h4-10,14-15H,2-3,11-13H2,1H3,(H2,23,24,25,26). The summed E-state index contributed by atoms with van der Waals surface area (Å²) in [5.41, 5.74) is 2.81. The minimum absolute atomic E-state index is 0.563. The molecule has 0 atom stereocenters. The van der Waals surface area contributed by atoms with Gasteiger partial charge in [0, 0.05) is 29.9 Å². The van der Waals surface area contributed by atoms with Gasteiger partial charge >= 0.3 is 0 Å². The van der Waals surface area contributed by atoms with Crippen molar-refractivity contribution in [3.63, 3.8) is 0 Å². The average molecular weight is 376 g/mol. The van der Waals surface area contributed by atoms with E-state index in [1.54, 1.807) is 0 Å². The Labute approximate surface area is 164 Å². The van der Waals surface area contributed by atoms with Gasteiger partial charge in [0.1, 0.15) is 19.0 Å². The quantitative estimate of drug-likeness (QED) is 0.574. The van der Waals surface area contributed by atoms with Crippen molar-refractivity contribution in [3.05, 3.63) is 54.6 Å². The van der Waals surface area contributed by atoms with Gasteiger partial charge in [0.15, 0.2) is 11.5 Å². The summed E-state index contributed by atoms with van der Waals surface area (Å²) in [5, 5.41) is 6.69. The normalized spacial score (nSPS) is 12.5. The summed E-state index contributed by atoms with van der Waals surface area (Å²) in [5.74, 6) is 2.86. The Hall–Kier alpha value is -3.28. The number of rotatable bonds is 7. The Morgan fingerprint density at radius 3 is 2.57 bits per heavy atom. The maximum absolute atomic E-state index is 5.67. The predicted molar refractivity (Wildman–Crippen MR) is 112 cm³/mol. The molecule has 0 aliphatic carbocycles. The van der Waals surface area contributed by atoms with Crippen molar-refractivity contribution in [3.8, 4) is 22.8 Å². The summed E-state index contributed by atoms with van der Waals surface area (Å²) in [6.45, 7) is 4.16. The minimum atomic E-state index is 0.563. The smallest absolute Gasteiger partial charge is 0.225 e. The van der Waals surface area contributed by atoms with Crippen LogP contribution in [0, 0.1) is 0 Å². The molecular formula is C22H24N4O2. The summed E-state index contributed by atoms with van der Waals surface area (Å²) >= 11 is 0. The molecule has 2 aromatic carbocycles. The SMILES string of the molecule is CCCCNc1nc(Nc2ccc3c(c2)OCCO3)cc(-c2ccccc2)n1. The molecule has 0 unspecified atom stereocenters. The highest BCUT2D eigenvalue weighted by atomic mass is 16.6. The molecule has 0 amide bonds. The lowest BCUT2D eigenvalue weighted by Gasteiger charge is -2.19. The molecule has 6 heteroatoms. The van der Waals surface area contributed by atoms with Crippen LogP contribution in [0.1, 0.15) is 19.8 Å². The molecule has 6 nitrogen and oxygen atoms in total. The molecule has 0 saturated carbocycles. The fourth-order valence-electron chi connectivity index (χ4n) is 2.99. The number of nitrogens with one attached hydrogen (secondary N) is 2. The van der Waals surface area contributed by atoms with E-state index in [0.717, 1.165) is 53.6 Å². The third-order valence-electron chi connectivity index (χ3n) is 4.42. The van der Waals surface area contributed by atoms with Crippen molar-refractivity contribution >= 4 is 17.5 Å². The second-order valence-corrected chi connectivity index (χ2v) is 6.59. The Kier molecular flexibility index (Phi) is 5.56. The van der Waals surface area contributed by atoms with E-state index in [0.29, 0.717) is 19.2 Å². The van der Waals surface area contributed by atoms with Gasteiger partial charge < -0.3 is 20.1 Å². The van der Waals surface area contributed by atoms with Gasteiger partial charge in [-0.3, -0.25) is 0 Å². The molecule has 2 N–H and O–H groups in total. The van der Waals surface area contributed by atoms with Crippen LogP contribution in [0.2, 0.25) is 0 Å².